The molecule has 59 heavy (non-hydrogen) atoms. The van der Waals surface area contributed by atoms with Crippen LogP contribution in [0, 0.1) is 0 Å². The van der Waals surface area contributed by atoms with Gasteiger partial charge in [-0.15, -0.1) is 0 Å². The maximum Gasteiger partial charge on any atom is 0.164 e. The van der Waals surface area contributed by atoms with Crippen molar-refractivity contribution in [3.05, 3.63) is 221 Å². The van der Waals surface area contributed by atoms with E-state index in [4.69, 9.17) is 19.4 Å². The SMILES string of the molecule is CC1(C)c2ccccc2C2(c3ccccc3-c3ccccc32)c2ccc3c(oc4ccc(-c5nc(-c6ccccc6)nc(-c6ccc(-c7ccccc7)cc6)n5)cc43)c21. The minimum Gasteiger partial charge on any atom is -0.456 e. The van der Waals surface area contributed by atoms with Gasteiger partial charge in [-0.2, -0.15) is 0 Å². The fourth-order valence-corrected chi connectivity index (χ4v) is 10.2. The molecule has 1 spiro atoms. The Hall–Kier alpha value is -7.43. The molecule has 0 amide bonds. The summed E-state index contributed by atoms with van der Waals surface area (Å²) in [4.78, 5) is 15.2. The summed E-state index contributed by atoms with van der Waals surface area (Å²) in [5.74, 6) is 1.87. The maximum atomic E-state index is 7.05. The zero-order valence-electron chi connectivity index (χ0n) is 32.6. The number of benzene rings is 8. The first-order valence-electron chi connectivity index (χ1n) is 20.3. The van der Waals surface area contributed by atoms with Crippen LogP contribution in [0.15, 0.2) is 192 Å². The number of furan rings is 1. The van der Waals surface area contributed by atoms with Crippen LogP contribution in [0.3, 0.4) is 0 Å². The molecule has 8 aromatic carbocycles. The second kappa shape index (κ2) is 12.5. The van der Waals surface area contributed by atoms with Gasteiger partial charge in [0.2, 0.25) is 0 Å². The molecule has 0 saturated carbocycles. The van der Waals surface area contributed by atoms with Crippen LogP contribution in [0.2, 0.25) is 0 Å². The lowest BCUT2D eigenvalue weighted by Gasteiger charge is -2.46. The predicted molar refractivity (Wildman–Crippen MR) is 238 cm³/mol. The van der Waals surface area contributed by atoms with Gasteiger partial charge in [-0.25, -0.2) is 15.0 Å². The number of nitrogens with zero attached hydrogens (tertiary/aromatic N) is 3. The maximum absolute atomic E-state index is 7.05. The van der Waals surface area contributed by atoms with Crippen molar-refractivity contribution >= 4 is 21.9 Å². The molecule has 0 unspecified atom stereocenters. The Kier molecular flexibility index (Phi) is 7.16. The third kappa shape index (κ3) is 4.80. The Morgan fingerprint density at radius 1 is 0.373 bits per heavy atom. The van der Waals surface area contributed by atoms with Crippen molar-refractivity contribution < 1.29 is 4.42 Å². The normalized spacial score (nSPS) is 14.2. The smallest absolute Gasteiger partial charge is 0.164 e. The fraction of sp³-hybridized carbons (Fsp3) is 0.0727. The molecule has 0 saturated heterocycles. The summed E-state index contributed by atoms with van der Waals surface area (Å²) in [6, 6.07) is 67.0. The second-order valence-electron chi connectivity index (χ2n) is 16.3. The Balaban J connectivity index is 1.06. The summed E-state index contributed by atoms with van der Waals surface area (Å²) in [7, 11) is 0. The quantitative estimate of drug-likeness (QED) is 0.179. The van der Waals surface area contributed by atoms with E-state index in [-0.39, 0.29) is 5.41 Å². The van der Waals surface area contributed by atoms with E-state index in [1.807, 2.05) is 36.4 Å². The molecule has 4 heteroatoms. The zero-order valence-corrected chi connectivity index (χ0v) is 32.6. The van der Waals surface area contributed by atoms with Crippen molar-refractivity contribution in [3.8, 4) is 56.4 Å². The number of aromatic nitrogens is 3. The highest BCUT2D eigenvalue weighted by Crippen LogP contribution is 2.63. The Bertz CT molecular complexity index is 3240. The second-order valence-corrected chi connectivity index (χ2v) is 16.3. The molecular formula is C55H37N3O. The molecule has 2 aliphatic rings. The van der Waals surface area contributed by atoms with Crippen molar-refractivity contribution in [1.29, 1.82) is 0 Å². The summed E-state index contributed by atoms with van der Waals surface area (Å²) in [6.07, 6.45) is 0. The average molecular weight is 756 g/mol. The standard InChI is InChI=1S/C55H37N3O/c1-54(2)45-23-13-14-24-46(45)55(43-21-11-9-19-39(43)40-20-10-12-22-44(40)55)47-31-30-41-42-33-38(29-32-48(42)59-50(41)49(47)54)53-57-51(36-17-7-4-8-18-36)56-52(58-53)37-27-25-35(26-28-37)34-15-5-3-6-16-34/h3-33H,1-2H3. The van der Waals surface area contributed by atoms with E-state index in [1.54, 1.807) is 0 Å². The zero-order chi connectivity index (χ0) is 39.3. The number of hydrogen-bond acceptors (Lipinski definition) is 4. The van der Waals surface area contributed by atoms with Crippen LogP contribution >= 0.6 is 0 Å². The van der Waals surface area contributed by atoms with Gasteiger partial charge in [-0.1, -0.05) is 184 Å². The summed E-state index contributed by atoms with van der Waals surface area (Å²) in [5.41, 5.74) is 16.4. The molecule has 0 N–H and O–H groups in total. The molecule has 4 nitrogen and oxygen atoms in total. The summed E-state index contributed by atoms with van der Waals surface area (Å²) in [5, 5.41) is 2.11. The largest absolute Gasteiger partial charge is 0.456 e. The fourth-order valence-electron chi connectivity index (χ4n) is 10.2. The average Bonchev–Trinajstić information content (AvgIpc) is 3.82. The number of hydrogen-bond donors (Lipinski definition) is 0. The van der Waals surface area contributed by atoms with Gasteiger partial charge in [-0.3, -0.25) is 0 Å². The highest BCUT2D eigenvalue weighted by atomic mass is 16.3. The number of rotatable bonds is 4. The molecule has 0 radical (unpaired) electrons. The van der Waals surface area contributed by atoms with E-state index >= 15 is 0 Å². The Morgan fingerprint density at radius 2 is 0.847 bits per heavy atom. The highest BCUT2D eigenvalue weighted by Gasteiger charge is 2.54. The van der Waals surface area contributed by atoms with Crippen molar-refractivity contribution in [1.82, 2.24) is 15.0 Å². The summed E-state index contributed by atoms with van der Waals surface area (Å²) in [6.45, 7) is 4.71. The number of fused-ring (bicyclic) bond motifs is 13. The van der Waals surface area contributed by atoms with Crippen LogP contribution in [-0.4, -0.2) is 15.0 Å². The minimum atomic E-state index is -0.485. The molecule has 0 aliphatic heterocycles. The van der Waals surface area contributed by atoms with Crippen LogP contribution in [0.25, 0.3) is 78.4 Å². The van der Waals surface area contributed by atoms with E-state index in [0.717, 1.165) is 44.2 Å². The molecule has 278 valence electrons. The summed E-state index contributed by atoms with van der Waals surface area (Å²) < 4.78 is 7.05. The van der Waals surface area contributed by atoms with Crippen molar-refractivity contribution in [2.75, 3.05) is 0 Å². The van der Waals surface area contributed by atoms with Crippen molar-refractivity contribution in [2.24, 2.45) is 0 Å². The molecule has 12 rings (SSSR count). The van der Waals surface area contributed by atoms with Gasteiger partial charge in [0.25, 0.3) is 0 Å². The Labute approximate surface area is 342 Å². The van der Waals surface area contributed by atoms with Crippen LogP contribution < -0.4 is 0 Å². The first kappa shape index (κ1) is 33.7. The van der Waals surface area contributed by atoms with E-state index < -0.39 is 5.41 Å². The lowest BCUT2D eigenvalue weighted by atomic mass is 9.55. The molecule has 0 bridgehead atoms. The van der Waals surface area contributed by atoms with Crippen LogP contribution in [-0.2, 0) is 10.8 Å². The molecular weight excluding hydrogens is 719 g/mol. The molecule has 0 atom stereocenters. The Morgan fingerprint density at radius 3 is 1.49 bits per heavy atom. The van der Waals surface area contributed by atoms with E-state index in [1.165, 1.54) is 50.1 Å². The first-order valence-corrected chi connectivity index (χ1v) is 20.3. The van der Waals surface area contributed by atoms with Crippen LogP contribution in [0.5, 0.6) is 0 Å². The molecule has 2 aliphatic carbocycles. The van der Waals surface area contributed by atoms with Crippen LogP contribution in [0.1, 0.15) is 47.2 Å². The monoisotopic (exact) mass is 755 g/mol. The van der Waals surface area contributed by atoms with Crippen LogP contribution in [0.4, 0.5) is 0 Å². The van der Waals surface area contributed by atoms with E-state index in [0.29, 0.717) is 17.5 Å². The molecule has 2 aromatic heterocycles. The molecule has 10 aromatic rings. The third-order valence-corrected chi connectivity index (χ3v) is 12.8. The van der Waals surface area contributed by atoms with E-state index in [9.17, 15) is 0 Å². The lowest BCUT2D eigenvalue weighted by molar-refractivity contribution is 0.551. The van der Waals surface area contributed by atoms with Gasteiger partial charge in [0.15, 0.2) is 17.5 Å². The first-order chi connectivity index (χ1) is 29.0. The molecule has 2 heterocycles. The highest BCUT2D eigenvalue weighted by molar-refractivity contribution is 6.08. The van der Waals surface area contributed by atoms with Gasteiger partial charge in [-0.05, 0) is 68.3 Å². The summed E-state index contributed by atoms with van der Waals surface area (Å²) >= 11 is 0. The van der Waals surface area contributed by atoms with Crippen molar-refractivity contribution in [3.63, 3.8) is 0 Å². The van der Waals surface area contributed by atoms with Gasteiger partial charge >= 0.3 is 0 Å². The lowest BCUT2D eigenvalue weighted by Crippen LogP contribution is -2.40. The van der Waals surface area contributed by atoms with Crippen molar-refractivity contribution in [2.45, 2.75) is 24.7 Å². The van der Waals surface area contributed by atoms with Gasteiger partial charge in [0.1, 0.15) is 11.2 Å². The molecule has 0 fully saturated rings. The van der Waals surface area contributed by atoms with Gasteiger partial charge < -0.3 is 4.42 Å². The van der Waals surface area contributed by atoms with Gasteiger partial charge in [0, 0.05) is 38.4 Å². The van der Waals surface area contributed by atoms with E-state index in [2.05, 4.69) is 166 Å². The predicted octanol–water partition coefficient (Wildman–Crippen LogP) is 13.4. The van der Waals surface area contributed by atoms with Gasteiger partial charge in [0.05, 0.1) is 5.41 Å². The third-order valence-electron chi connectivity index (χ3n) is 12.8. The minimum absolute atomic E-state index is 0.344. The topological polar surface area (TPSA) is 51.8 Å².